The molecule has 0 radical (unpaired) electrons. The summed E-state index contributed by atoms with van der Waals surface area (Å²) in [4.78, 5) is 24.6. The molecule has 0 aliphatic rings. The number of hydrogen-bond acceptors (Lipinski definition) is 5. The van der Waals surface area contributed by atoms with Crippen molar-refractivity contribution in [1.82, 2.24) is 5.32 Å². The van der Waals surface area contributed by atoms with Crippen molar-refractivity contribution < 1.29 is 24.5 Å². The van der Waals surface area contributed by atoms with Crippen LogP contribution in [0.1, 0.15) is 399 Å². The summed E-state index contributed by atoms with van der Waals surface area (Å²) in [6, 6.07) is -0.626. The maximum absolute atomic E-state index is 12.5. The zero-order valence-corrected chi connectivity index (χ0v) is 52.9. The van der Waals surface area contributed by atoms with Gasteiger partial charge >= 0.3 is 5.97 Å². The molecule has 0 aromatic rings. The highest BCUT2D eigenvalue weighted by molar-refractivity contribution is 5.76. The second-order valence-corrected chi connectivity index (χ2v) is 24.6. The van der Waals surface area contributed by atoms with Gasteiger partial charge in [-0.2, -0.15) is 0 Å². The van der Waals surface area contributed by atoms with Crippen LogP contribution in [0.15, 0.2) is 24.3 Å². The third kappa shape index (κ3) is 63.5. The lowest BCUT2D eigenvalue weighted by Crippen LogP contribution is -2.45. The standard InChI is InChI=1S/C72H139NO5/c1-3-5-7-9-11-13-15-17-19-20-31-34-37-40-44-48-52-56-60-64-70(75)69(68-74)73-71(76)65-61-57-53-49-45-41-38-35-32-29-27-25-23-21-22-24-26-28-30-33-36-39-43-47-51-55-59-63-67-78-72(77)66-62-58-54-50-46-42-18-16-14-12-10-8-6-4-2/h16,18,60,64,69-70,74-75H,3-15,17,19-59,61-63,65-68H2,1-2H3,(H,73,76)/b18-16-,64-60+. The summed E-state index contributed by atoms with van der Waals surface area (Å²) >= 11 is 0. The Morgan fingerprint density at radius 1 is 0.346 bits per heavy atom. The molecule has 3 N–H and O–H groups in total. The van der Waals surface area contributed by atoms with Gasteiger partial charge in [0.05, 0.1) is 25.4 Å². The molecule has 1 amide bonds. The summed E-state index contributed by atoms with van der Waals surface area (Å²) in [5.74, 6) is -0.0505. The van der Waals surface area contributed by atoms with Crippen LogP contribution in [0.5, 0.6) is 0 Å². The summed E-state index contributed by atoms with van der Waals surface area (Å²) in [6.45, 7) is 4.93. The van der Waals surface area contributed by atoms with Crippen molar-refractivity contribution in [3.05, 3.63) is 24.3 Å². The molecule has 0 aromatic heterocycles. The fourth-order valence-electron chi connectivity index (χ4n) is 11.3. The molecule has 6 nitrogen and oxygen atoms in total. The van der Waals surface area contributed by atoms with Gasteiger partial charge in [-0.15, -0.1) is 0 Å². The van der Waals surface area contributed by atoms with E-state index in [-0.39, 0.29) is 18.5 Å². The van der Waals surface area contributed by atoms with Crippen LogP contribution in [0, 0.1) is 0 Å². The van der Waals surface area contributed by atoms with Crippen molar-refractivity contribution in [2.24, 2.45) is 0 Å². The lowest BCUT2D eigenvalue weighted by atomic mass is 10.0. The molecule has 0 aromatic carbocycles. The van der Waals surface area contributed by atoms with E-state index in [1.807, 2.05) is 6.08 Å². The summed E-state index contributed by atoms with van der Waals surface area (Å²) in [7, 11) is 0. The van der Waals surface area contributed by atoms with E-state index >= 15 is 0 Å². The molecule has 2 atom stereocenters. The van der Waals surface area contributed by atoms with Crippen molar-refractivity contribution in [2.75, 3.05) is 13.2 Å². The number of allylic oxidation sites excluding steroid dienone is 3. The Morgan fingerprint density at radius 2 is 0.603 bits per heavy atom. The van der Waals surface area contributed by atoms with E-state index in [2.05, 4.69) is 31.3 Å². The van der Waals surface area contributed by atoms with Crippen LogP contribution < -0.4 is 5.32 Å². The van der Waals surface area contributed by atoms with Crippen molar-refractivity contribution in [3.63, 3.8) is 0 Å². The average Bonchev–Trinajstić information content (AvgIpc) is 3.44. The van der Waals surface area contributed by atoms with E-state index in [0.717, 1.165) is 44.9 Å². The molecular formula is C72H139NO5. The Kier molecular flexibility index (Phi) is 66.4. The highest BCUT2D eigenvalue weighted by Crippen LogP contribution is 2.19. The molecule has 0 aliphatic heterocycles. The van der Waals surface area contributed by atoms with Crippen LogP contribution in [0.4, 0.5) is 0 Å². The Balaban J connectivity index is 3.37. The second-order valence-electron chi connectivity index (χ2n) is 24.6. The van der Waals surface area contributed by atoms with Crippen LogP contribution in [0.3, 0.4) is 0 Å². The number of carbonyl (C=O) groups is 2. The highest BCUT2D eigenvalue weighted by atomic mass is 16.5. The van der Waals surface area contributed by atoms with Gasteiger partial charge in [0, 0.05) is 12.8 Å². The molecule has 0 fully saturated rings. The van der Waals surface area contributed by atoms with E-state index in [4.69, 9.17) is 4.74 Å². The lowest BCUT2D eigenvalue weighted by Gasteiger charge is -2.20. The first-order valence-electron chi connectivity index (χ1n) is 35.6. The van der Waals surface area contributed by atoms with Gasteiger partial charge in [-0.3, -0.25) is 9.59 Å². The maximum atomic E-state index is 12.5. The van der Waals surface area contributed by atoms with E-state index in [9.17, 15) is 19.8 Å². The Bertz CT molecular complexity index is 1220. The predicted octanol–water partition coefficient (Wildman–Crippen LogP) is 22.9. The van der Waals surface area contributed by atoms with Gasteiger partial charge < -0.3 is 20.3 Å². The van der Waals surface area contributed by atoms with Gasteiger partial charge in [0.15, 0.2) is 0 Å². The fourth-order valence-corrected chi connectivity index (χ4v) is 11.3. The number of rotatable bonds is 67. The SMILES string of the molecule is CCCCCCC/C=C\CCCCCCCC(=O)OCCCCCCCCCCCCCCCCCCCCCCCCCCCCCCC(=O)NC(CO)C(O)/C=C/CCCCCCCCCCCCCCCCCCC. The van der Waals surface area contributed by atoms with E-state index in [1.54, 1.807) is 6.08 Å². The summed E-state index contributed by atoms with van der Waals surface area (Å²) in [6.07, 6.45) is 85.5. The number of carbonyl (C=O) groups excluding carboxylic acids is 2. The van der Waals surface area contributed by atoms with Gasteiger partial charge in [-0.25, -0.2) is 0 Å². The van der Waals surface area contributed by atoms with Crippen LogP contribution >= 0.6 is 0 Å². The van der Waals surface area contributed by atoms with Gasteiger partial charge in [0.25, 0.3) is 0 Å². The van der Waals surface area contributed by atoms with Gasteiger partial charge in [-0.1, -0.05) is 353 Å². The molecule has 6 heteroatoms. The van der Waals surface area contributed by atoms with E-state index in [1.165, 1.54) is 327 Å². The monoisotopic (exact) mass is 1100 g/mol. The number of hydrogen-bond donors (Lipinski definition) is 3. The van der Waals surface area contributed by atoms with E-state index < -0.39 is 12.1 Å². The van der Waals surface area contributed by atoms with Crippen molar-refractivity contribution in [3.8, 4) is 0 Å². The molecule has 0 heterocycles. The Hall–Kier alpha value is -1.66. The number of aliphatic hydroxyl groups is 2. The number of aliphatic hydroxyl groups excluding tert-OH is 2. The molecule has 462 valence electrons. The molecule has 0 saturated heterocycles. The van der Waals surface area contributed by atoms with Crippen LogP contribution in [-0.2, 0) is 14.3 Å². The second kappa shape index (κ2) is 67.8. The summed E-state index contributed by atoms with van der Waals surface area (Å²) < 4.78 is 5.49. The zero-order valence-electron chi connectivity index (χ0n) is 52.9. The Morgan fingerprint density at radius 3 is 0.910 bits per heavy atom. The third-order valence-electron chi connectivity index (χ3n) is 16.7. The first-order chi connectivity index (χ1) is 38.5. The molecular weight excluding hydrogens is 959 g/mol. The molecule has 0 spiro atoms. The van der Waals surface area contributed by atoms with Crippen LogP contribution in [-0.4, -0.2) is 47.4 Å². The number of nitrogens with one attached hydrogen (secondary N) is 1. The lowest BCUT2D eigenvalue weighted by molar-refractivity contribution is -0.143. The smallest absolute Gasteiger partial charge is 0.305 e. The minimum Gasteiger partial charge on any atom is -0.466 e. The largest absolute Gasteiger partial charge is 0.466 e. The van der Waals surface area contributed by atoms with Gasteiger partial charge in [0.1, 0.15) is 0 Å². The highest BCUT2D eigenvalue weighted by Gasteiger charge is 2.18. The molecule has 78 heavy (non-hydrogen) atoms. The zero-order chi connectivity index (χ0) is 56.4. The van der Waals surface area contributed by atoms with E-state index in [0.29, 0.717) is 19.4 Å². The molecule has 0 aliphatic carbocycles. The number of esters is 1. The summed E-state index contributed by atoms with van der Waals surface area (Å²) in [5.41, 5.74) is 0. The predicted molar refractivity (Wildman–Crippen MR) is 343 cm³/mol. The van der Waals surface area contributed by atoms with Gasteiger partial charge in [0.2, 0.25) is 5.91 Å². The quantitative estimate of drug-likeness (QED) is 0.0320. The van der Waals surface area contributed by atoms with Crippen LogP contribution in [0.25, 0.3) is 0 Å². The fraction of sp³-hybridized carbons (Fsp3) is 0.917. The molecule has 0 rings (SSSR count). The molecule has 0 saturated carbocycles. The topological polar surface area (TPSA) is 95.9 Å². The van der Waals surface area contributed by atoms with Gasteiger partial charge in [-0.05, 0) is 57.8 Å². The minimum absolute atomic E-state index is 0.0106. The first-order valence-corrected chi connectivity index (χ1v) is 35.6. The maximum Gasteiger partial charge on any atom is 0.305 e. The normalized spacial score (nSPS) is 12.6. The molecule has 0 bridgehead atoms. The Labute approximate surface area is 488 Å². The first kappa shape index (κ1) is 76.3. The van der Waals surface area contributed by atoms with Crippen molar-refractivity contribution >= 4 is 11.9 Å². The van der Waals surface area contributed by atoms with Crippen molar-refractivity contribution in [1.29, 1.82) is 0 Å². The average molecular weight is 1100 g/mol. The van der Waals surface area contributed by atoms with Crippen LogP contribution in [0.2, 0.25) is 0 Å². The number of unbranched alkanes of at least 4 members (excludes halogenated alkanes) is 54. The summed E-state index contributed by atoms with van der Waals surface area (Å²) in [5, 5.41) is 23.2. The van der Waals surface area contributed by atoms with Crippen molar-refractivity contribution in [2.45, 2.75) is 411 Å². The number of amides is 1. The third-order valence-corrected chi connectivity index (χ3v) is 16.7. The number of ether oxygens (including phenoxy) is 1. The molecule has 2 unspecified atom stereocenters. The minimum atomic E-state index is -0.843.